The van der Waals surface area contributed by atoms with Gasteiger partial charge >= 0.3 is 0 Å². The monoisotopic (exact) mass is 240 g/mol. The first-order valence-corrected chi connectivity index (χ1v) is 6.18. The summed E-state index contributed by atoms with van der Waals surface area (Å²) in [6.45, 7) is 8.06. The molecule has 0 atom stereocenters. The van der Waals surface area contributed by atoms with Crippen LogP contribution < -0.4 is 15.6 Å². The lowest BCUT2D eigenvalue weighted by Gasteiger charge is -2.25. The Labute approximate surface area is 102 Å². The molecule has 0 spiro atoms. The second kappa shape index (κ2) is 5.43. The molecule has 0 saturated heterocycles. The highest BCUT2D eigenvalue weighted by molar-refractivity contribution is 7.71. The SMILES string of the molecule is CCNc1c(N(C)CCC(C)C)c(=S)c1=O. The lowest BCUT2D eigenvalue weighted by molar-refractivity contribution is 0.585. The maximum Gasteiger partial charge on any atom is 0.223 e. The van der Waals surface area contributed by atoms with Crippen molar-refractivity contribution in [3.8, 4) is 0 Å². The highest BCUT2D eigenvalue weighted by atomic mass is 32.1. The topological polar surface area (TPSA) is 32.3 Å². The summed E-state index contributed by atoms with van der Waals surface area (Å²) in [5.41, 5.74) is 1.60. The molecule has 1 rings (SSSR count). The molecule has 1 aromatic carbocycles. The van der Waals surface area contributed by atoms with Crippen LogP contribution in [0.2, 0.25) is 0 Å². The zero-order valence-corrected chi connectivity index (χ0v) is 11.3. The second-order valence-electron chi connectivity index (χ2n) is 4.52. The van der Waals surface area contributed by atoms with Crippen LogP contribution in [-0.4, -0.2) is 20.1 Å². The maximum atomic E-state index is 11.5. The summed E-state index contributed by atoms with van der Waals surface area (Å²) in [5.74, 6) is 0.662. The van der Waals surface area contributed by atoms with Gasteiger partial charge in [0.1, 0.15) is 10.2 Å². The fourth-order valence-electron chi connectivity index (χ4n) is 1.65. The Morgan fingerprint density at radius 1 is 1.44 bits per heavy atom. The molecule has 0 aliphatic heterocycles. The second-order valence-corrected chi connectivity index (χ2v) is 4.92. The summed E-state index contributed by atoms with van der Waals surface area (Å²) in [5, 5.41) is 3.08. The highest BCUT2D eigenvalue weighted by Crippen LogP contribution is 2.26. The molecule has 4 heteroatoms. The maximum absolute atomic E-state index is 11.5. The van der Waals surface area contributed by atoms with Crippen molar-refractivity contribution in [1.29, 1.82) is 0 Å². The Morgan fingerprint density at radius 2 is 2.06 bits per heavy atom. The molecule has 90 valence electrons. The quantitative estimate of drug-likeness (QED) is 0.775. The van der Waals surface area contributed by atoms with E-state index in [2.05, 4.69) is 24.1 Å². The molecule has 0 aliphatic rings. The van der Waals surface area contributed by atoms with Crippen molar-refractivity contribution in [2.24, 2.45) is 5.92 Å². The van der Waals surface area contributed by atoms with Crippen LogP contribution in [0.1, 0.15) is 27.2 Å². The van der Waals surface area contributed by atoms with Crippen LogP contribution in [0.15, 0.2) is 4.79 Å². The normalized spacial score (nSPS) is 11.1. The number of hydrogen-bond acceptors (Lipinski definition) is 4. The largest absolute Gasteiger partial charge is 0.380 e. The van der Waals surface area contributed by atoms with E-state index in [0.29, 0.717) is 16.1 Å². The number of rotatable bonds is 6. The van der Waals surface area contributed by atoms with Gasteiger partial charge in [0, 0.05) is 20.1 Å². The Morgan fingerprint density at radius 3 is 2.56 bits per heavy atom. The van der Waals surface area contributed by atoms with Crippen LogP contribution in [0.25, 0.3) is 0 Å². The summed E-state index contributed by atoms with van der Waals surface area (Å²) in [4.78, 5) is 13.6. The van der Waals surface area contributed by atoms with Gasteiger partial charge < -0.3 is 10.2 Å². The van der Waals surface area contributed by atoms with Crippen LogP contribution in [0.3, 0.4) is 0 Å². The zero-order valence-electron chi connectivity index (χ0n) is 10.5. The molecule has 0 heterocycles. The van der Waals surface area contributed by atoms with Crippen molar-refractivity contribution in [3.05, 3.63) is 14.7 Å². The van der Waals surface area contributed by atoms with E-state index in [9.17, 15) is 4.79 Å². The minimum atomic E-state index is -0.0109. The third-order valence-electron chi connectivity index (χ3n) is 2.66. The minimum Gasteiger partial charge on any atom is -0.380 e. The van der Waals surface area contributed by atoms with Crippen LogP contribution >= 0.6 is 12.2 Å². The van der Waals surface area contributed by atoms with Gasteiger partial charge in [0.05, 0.1) is 5.69 Å². The zero-order chi connectivity index (χ0) is 12.3. The predicted molar refractivity (Wildman–Crippen MR) is 72.8 cm³/mol. The van der Waals surface area contributed by atoms with Crippen molar-refractivity contribution in [2.45, 2.75) is 27.2 Å². The van der Waals surface area contributed by atoms with Crippen molar-refractivity contribution in [1.82, 2.24) is 0 Å². The van der Waals surface area contributed by atoms with Crippen molar-refractivity contribution < 1.29 is 0 Å². The van der Waals surface area contributed by atoms with E-state index in [0.717, 1.165) is 25.2 Å². The first kappa shape index (κ1) is 13.2. The van der Waals surface area contributed by atoms with Gasteiger partial charge in [-0.1, -0.05) is 26.1 Å². The number of anilines is 2. The molecule has 0 saturated carbocycles. The summed E-state index contributed by atoms with van der Waals surface area (Å²) >= 11 is 5.09. The molecule has 0 radical (unpaired) electrons. The molecule has 0 bridgehead atoms. The molecule has 0 aliphatic carbocycles. The fourth-order valence-corrected chi connectivity index (χ4v) is 2.01. The predicted octanol–water partition coefficient (Wildman–Crippen LogP) is 2.57. The van der Waals surface area contributed by atoms with Crippen molar-refractivity contribution in [3.63, 3.8) is 0 Å². The molecule has 1 N–H and O–H groups in total. The molecule has 16 heavy (non-hydrogen) atoms. The third-order valence-corrected chi connectivity index (χ3v) is 3.04. The summed E-state index contributed by atoms with van der Waals surface area (Å²) in [7, 11) is 1.99. The summed E-state index contributed by atoms with van der Waals surface area (Å²) < 4.78 is 0.474. The van der Waals surface area contributed by atoms with Gasteiger partial charge in [-0.05, 0) is 19.3 Å². The van der Waals surface area contributed by atoms with Crippen molar-refractivity contribution in [2.75, 3.05) is 30.4 Å². The van der Waals surface area contributed by atoms with Gasteiger partial charge in [-0.2, -0.15) is 0 Å². The molecule has 0 amide bonds. The van der Waals surface area contributed by atoms with Crippen LogP contribution in [0, 0.1) is 10.4 Å². The number of nitrogens with zero attached hydrogens (tertiary/aromatic N) is 1. The Kier molecular flexibility index (Phi) is 4.47. The van der Waals surface area contributed by atoms with Gasteiger partial charge in [-0.3, -0.25) is 4.79 Å². The van der Waals surface area contributed by atoms with Crippen LogP contribution in [0.4, 0.5) is 11.4 Å². The lowest BCUT2D eigenvalue weighted by Crippen LogP contribution is -2.29. The molecular formula is C12H20N2OS. The van der Waals surface area contributed by atoms with E-state index in [-0.39, 0.29) is 5.43 Å². The highest BCUT2D eigenvalue weighted by Gasteiger charge is 2.20. The van der Waals surface area contributed by atoms with Gasteiger partial charge in [0.25, 0.3) is 0 Å². The van der Waals surface area contributed by atoms with Crippen LogP contribution in [0.5, 0.6) is 0 Å². The molecule has 0 unspecified atom stereocenters. The molecule has 3 nitrogen and oxygen atoms in total. The summed E-state index contributed by atoms with van der Waals surface area (Å²) in [6, 6.07) is 0. The smallest absolute Gasteiger partial charge is 0.223 e. The third kappa shape index (κ3) is 2.61. The molecule has 0 aromatic heterocycles. The van der Waals surface area contributed by atoms with Gasteiger partial charge in [0.15, 0.2) is 0 Å². The van der Waals surface area contributed by atoms with E-state index in [1.807, 2.05) is 14.0 Å². The lowest BCUT2D eigenvalue weighted by atomic mass is 10.1. The van der Waals surface area contributed by atoms with Crippen LogP contribution in [-0.2, 0) is 0 Å². The van der Waals surface area contributed by atoms with Crippen molar-refractivity contribution >= 4 is 23.6 Å². The van der Waals surface area contributed by atoms with Gasteiger partial charge in [0.2, 0.25) is 5.43 Å². The first-order chi connectivity index (χ1) is 7.49. The number of nitrogens with one attached hydrogen (secondary N) is 1. The van der Waals surface area contributed by atoms with E-state index in [1.54, 1.807) is 0 Å². The Balaban J connectivity index is 2.76. The summed E-state index contributed by atoms with van der Waals surface area (Å²) in [6.07, 6.45) is 1.11. The standard InChI is InChI=1S/C12H20N2OS/c1-5-13-9-10(12(16)11(9)15)14(4)7-6-8(2)3/h8,13H,5-7H2,1-4H3. The van der Waals surface area contributed by atoms with E-state index < -0.39 is 0 Å². The average Bonchev–Trinajstić information content (AvgIpc) is 2.25. The number of hydrogen-bond donors (Lipinski definition) is 1. The molecular weight excluding hydrogens is 220 g/mol. The molecule has 1 aromatic rings. The van der Waals surface area contributed by atoms with E-state index in [4.69, 9.17) is 12.2 Å². The first-order valence-electron chi connectivity index (χ1n) is 5.77. The van der Waals surface area contributed by atoms with E-state index in [1.165, 1.54) is 0 Å². The minimum absolute atomic E-state index is 0.0109. The van der Waals surface area contributed by atoms with Gasteiger partial charge in [-0.25, -0.2) is 0 Å². The van der Waals surface area contributed by atoms with E-state index >= 15 is 0 Å². The average molecular weight is 240 g/mol. The Hall–Kier alpha value is -0.900. The fraction of sp³-hybridized carbons (Fsp3) is 0.667. The molecule has 0 fully saturated rings. The Bertz CT molecular complexity index is 419. The van der Waals surface area contributed by atoms with Gasteiger partial charge in [-0.15, -0.1) is 0 Å².